The summed E-state index contributed by atoms with van der Waals surface area (Å²) < 4.78 is 1.54. The maximum absolute atomic E-state index is 11.7. The Bertz CT molecular complexity index is 633. The topological polar surface area (TPSA) is 62.1 Å². The maximum atomic E-state index is 11.7. The summed E-state index contributed by atoms with van der Waals surface area (Å²) >= 11 is 1.11. The number of hydrogen-bond acceptors (Lipinski definition) is 4. The molecule has 0 unspecified atom stereocenters. The van der Waals surface area contributed by atoms with Crippen LogP contribution in [0.25, 0.3) is 10.9 Å². The van der Waals surface area contributed by atoms with Crippen LogP contribution in [-0.2, 0) is 11.8 Å². The van der Waals surface area contributed by atoms with E-state index in [1.807, 2.05) is 24.3 Å². The molecule has 88 valence electrons. The predicted molar refractivity (Wildman–Crippen MR) is 64.9 cm³/mol. The molecule has 2 aromatic rings. The molecule has 0 saturated heterocycles. The van der Waals surface area contributed by atoms with Crippen LogP contribution in [0.5, 0.6) is 0 Å². The lowest BCUT2D eigenvalue weighted by Crippen LogP contribution is -2.24. The van der Waals surface area contributed by atoms with Gasteiger partial charge in [-0.1, -0.05) is 18.2 Å². The van der Waals surface area contributed by atoms with Gasteiger partial charge in [0.2, 0.25) is 0 Å². The number of carboxylic acid groups (broad SMARTS) is 1. The summed E-state index contributed by atoms with van der Waals surface area (Å²) in [6, 6.07) is 8.85. The van der Waals surface area contributed by atoms with Crippen LogP contribution < -0.4 is 10.7 Å². The molecule has 5 heteroatoms. The van der Waals surface area contributed by atoms with Gasteiger partial charge in [0.05, 0.1) is 11.5 Å². The Kier molecular flexibility index (Phi) is 3.19. The molecule has 0 amide bonds. The van der Waals surface area contributed by atoms with Crippen molar-refractivity contribution in [3.63, 3.8) is 0 Å². The molecule has 0 aliphatic rings. The van der Waals surface area contributed by atoms with Gasteiger partial charge in [0, 0.05) is 29.1 Å². The molecular formula is C12H10NO3S-. The molecule has 4 nitrogen and oxygen atoms in total. The predicted octanol–water partition coefficient (Wildman–Crippen LogP) is 0.380. The van der Waals surface area contributed by atoms with Gasteiger partial charge in [-0.05, 0) is 6.07 Å². The highest BCUT2D eigenvalue weighted by molar-refractivity contribution is 8.00. The smallest absolute Gasteiger partial charge is 0.251 e. The molecule has 0 N–H and O–H groups in total. The van der Waals surface area contributed by atoms with E-state index in [0.717, 1.165) is 22.7 Å². The fraction of sp³-hybridized carbons (Fsp3) is 0.167. The van der Waals surface area contributed by atoms with E-state index in [4.69, 9.17) is 0 Å². The number of aryl methyl sites for hydroxylation is 1. The average Bonchev–Trinajstić information content (AvgIpc) is 2.32. The number of nitrogens with zero attached hydrogens (tertiary/aromatic N) is 1. The van der Waals surface area contributed by atoms with Crippen LogP contribution >= 0.6 is 11.8 Å². The maximum Gasteiger partial charge on any atom is 0.251 e. The normalized spacial score (nSPS) is 10.6. The van der Waals surface area contributed by atoms with E-state index in [9.17, 15) is 14.7 Å². The zero-order valence-electron chi connectivity index (χ0n) is 9.17. The van der Waals surface area contributed by atoms with Crippen molar-refractivity contribution in [2.24, 2.45) is 7.05 Å². The number of carbonyl (C=O) groups is 1. The molecule has 0 saturated carbocycles. The van der Waals surface area contributed by atoms with Crippen LogP contribution in [0.2, 0.25) is 0 Å². The number of rotatable bonds is 3. The molecule has 17 heavy (non-hydrogen) atoms. The second-order valence-corrected chi connectivity index (χ2v) is 4.60. The third-order valence-corrected chi connectivity index (χ3v) is 3.49. The number of carbonyl (C=O) groups excluding carboxylic acids is 1. The summed E-state index contributed by atoms with van der Waals surface area (Å²) in [5, 5.41) is 11.3. The number of benzene rings is 1. The van der Waals surface area contributed by atoms with Crippen LogP contribution in [0.4, 0.5) is 0 Å². The SMILES string of the molecule is Cn1c(=O)cc(SCC(=O)[O-])c2ccccc21. The highest BCUT2D eigenvalue weighted by Gasteiger charge is 2.06. The second-order valence-electron chi connectivity index (χ2n) is 3.58. The van der Waals surface area contributed by atoms with Crippen molar-refractivity contribution in [1.82, 2.24) is 4.57 Å². The lowest BCUT2D eigenvalue weighted by atomic mass is 10.2. The number of para-hydroxylation sites is 1. The lowest BCUT2D eigenvalue weighted by Gasteiger charge is -2.09. The summed E-state index contributed by atoms with van der Waals surface area (Å²) in [6.07, 6.45) is 0. The van der Waals surface area contributed by atoms with Crippen molar-refractivity contribution in [2.75, 3.05) is 5.75 Å². The Hall–Kier alpha value is -1.75. The summed E-state index contributed by atoms with van der Waals surface area (Å²) in [7, 11) is 1.69. The summed E-state index contributed by atoms with van der Waals surface area (Å²) in [5.74, 6) is -1.29. The zero-order chi connectivity index (χ0) is 12.4. The van der Waals surface area contributed by atoms with Gasteiger partial charge >= 0.3 is 0 Å². The first kappa shape index (κ1) is 11.7. The highest BCUT2D eigenvalue weighted by atomic mass is 32.2. The number of pyridine rings is 1. The monoisotopic (exact) mass is 248 g/mol. The van der Waals surface area contributed by atoms with Gasteiger partial charge in [-0.2, -0.15) is 0 Å². The highest BCUT2D eigenvalue weighted by Crippen LogP contribution is 2.25. The van der Waals surface area contributed by atoms with E-state index >= 15 is 0 Å². The van der Waals surface area contributed by atoms with Crippen molar-refractivity contribution in [3.05, 3.63) is 40.7 Å². The van der Waals surface area contributed by atoms with E-state index in [2.05, 4.69) is 0 Å². The van der Waals surface area contributed by atoms with Gasteiger partial charge in [-0.3, -0.25) is 4.79 Å². The number of hydrogen-bond donors (Lipinski definition) is 0. The summed E-state index contributed by atoms with van der Waals surface area (Å²) in [6.45, 7) is 0. The molecule has 0 radical (unpaired) electrons. The molecule has 0 spiro atoms. The van der Waals surface area contributed by atoms with Crippen molar-refractivity contribution < 1.29 is 9.90 Å². The minimum atomic E-state index is -1.14. The summed E-state index contributed by atoms with van der Waals surface area (Å²) in [5.41, 5.74) is 0.644. The second kappa shape index (κ2) is 4.63. The number of aliphatic carboxylic acids is 1. The largest absolute Gasteiger partial charge is 0.549 e. The molecule has 0 atom stereocenters. The van der Waals surface area contributed by atoms with Crippen LogP contribution in [0.3, 0.4) is 0 Å². The Morgan fingerprint density at radius 3 is 2.82 bits per heavy atom. The molecule has 0 fully saturated rings. The fourth-order valence-electron chi connectivity index (χ4n) is 1.64. The van der Waals surface area contributed by atoms with Crippen molar-refractivity contribution in [1.29, 1.82) is 0 Å². The van der Waals surface area contributed by atoms with E-state index in [0.29, 0.717) is 4.90 Å². The van der Waals surface area contributed by atoms with Gasteiger partial charge in [0.15, 0.2) is 0 Å². The van der Waals surface area contributed by atoms with Crippen LogP contribution in [0.15, 0.2) is 40.0 Å². The third-order valence-electron chi connectivity index (χ3n) is 2.46. The molecule has 1 heterocycles. The lowest BCUT2D eigenvalue weighted by molar-refractivity contribution is -0.301. The molecule has 2 rings (SSSR count). The molecule has 1 aromatic carbocycles. The number of fused-ring (bicyclic) bond motifs is 1. The fourth-order valence-corrected chi connectivity index (χ4v) is 2.42. The zero-order valence-corrected chi connectivity index (χ0v) is 9.99. The Labute approximate surface area is 102 Å². The molecular weight excluding hydrogens is 238 g/mol. The summed E-state index contributed by atoms with van der Waals surface area (Å²) in [4.78, 5) is 22.8. The first-order valence-electron chi connectivity index (χ1n) is 5.01. The van der Waals surface area contributed by atoms with E-state index in [1.165, 1.54) is 6.07 Å². The van der Waals surface area contributed by atoms with Gasteiger partial charge < -0.3 is 14.5 Å². The van der Waals surface area contributed by atoms with E-state index in [-0.39, 0.29) is 11.3 Å². The van der Waals surface area contributed by atoms with Crippen LogP contribution in [-0.4, -0.2) is 16.3 Å². The number of aromatic nitrogens is 1. The van der Waals surface area contributed by atoms with Crippen molar-refractivity contribution in [3.8, 4) is 0 Å². The number of carboxylic acids is 1. The molecule has 0 bridgehead atoms. The molecule has 0 aliphatic carbocycles. The minimum absolute atomic E-state index is 0.149. The van der Waals surface area contributed by atoms with E-state index in [1.54, 1.807) is 11.6 Å². The van der Waals surface area contributed by atoms with Gasteiger partial charge in [0.1, 0.15) is 0 Å². The average molecular weight is 248 g/mol. The van der Waals surface area contributed by atoms with Crippen molar-refractivity contribution in [2.45, 2.75) is 4.90 Å². The first-order chi connectivity index (χ1) is 8.09. The Balaban J connectivity index is 2.59. The van der Waals surface area contributed by atoms with Gasteiger partial charge in [-0.25, -0.2) is 0 Å². The third kappa shape index (κ3) is 2.34. The van der Waals surface area contributed by atoms with E-state index < -0.39 is 5.97 Å². The van der Waals surface area contributed by atoms with Crippen molar-refractivity contribution >= 4 is 28.6 Å². The van der Waals surface area contributed by atoms with Crippen LogP contribution in [0.1, 0.15) is 0 Å². The minimum Gasteiger partial charge on any atom is -0.549 e. The standard InChI is InChI=1S/C12H11NO3S/c1-13-9-5-3-2-4-8(9)10(6-11(13)14)17-7-12(15)16/h2-6H,7H2,1H3,(H,15,16)/p-1. The molecule has 0 aliphatic heterocycles. The van der Waals surface area contributed by atoms with Crippen LogP contribution in [0, 0.1) is 0 Å². The first-order valence-corrected chi connectivity index (χ1v) is 5.99. The van der Waals surface area contributed by atoms with Gasteiger partial charge in [-0.15, -0.1) is 11.8 Å². The Morgan fingerprint density at radius 1 is 1.41 bits per heavy atom. The number of thioether (sulfide) groups is 1. The van der Waals surface area contributed by atoms with Gasteiger partial charge in [0.25, 0.3) is 5.56 Å². The Morgan fingerprint density at radius 2 is 2.12 bits per heavy atom. The quantitative estimate of drug-likeness (QED) is 0.737. The molecule has 1 aromatic heterocycles.